The minimum Gasteiger partial charge on any atom is -0.328 e. The van der Waals surface area contributed by atoms with Gasteiger partial charge in [-0.25, -0.2) is 0 Å². The van der Waals surface area contributed by atoms with E-state index in [4.69, 9.17) is 5.73 Å². The normalized spacial score (nSPS) is 13.1. The Morgan fingerprint density at radius 1 is 1.29 bits per heavy atom. The van der Waals surface area contributed by atoms with Crippen LogP contribution in [0.4, 0.5) is 0 Å². The summed E-state index contributed by atoms with van der Waals surface area (Å²) in [6, 6.07) is 8.91. The number of hydrogen-bond acceptors (Lipinski definition) is 3. The highest BCUT2D eigenvalue weighted by Gasteiger charge is 2.02. The topological polar surface area (TPSA) is 38.0 Å². The summed E-state index contributed by atoms with van der Waals surface area (Å²) in [6.45, 7) is 4.10. The van der Waals surface area contributed by atoms with Gasteiger partial charge in [-0.15, -0.1) is 11.3 Å². The fraction of sp³-hybridized carbons (Fsp3) is 0.429. The number of rotatable bonds is 6. The van der Waals surface area contributed by atoms with Crippen molar-refractivity contribution in [1.29, 1.82) is 0 Å². The van der Waals surface area contributed by atoms with Crippen LogP contribution in [0.15, 0.2) is 29.6 Å². The molecule has 0 aliphatic heterocycles. The summed E-state index contributed by atoms with van der Waals surface area (Å²) in [5.41, 5.74) is 7.16. The number of nitrogens with two attached hydrogens (primary N) is 1. The van der Waals surface area contributed by atoms with Crippen LogP contribution in [0.2, 0.25) is 0 Å². The van der Waals surface area contributed by atoms with Gasteiger partial charge < -0.3 is 11.1 Å². The number of hydrogen-bond donors (Lipinski definition) is 2. The van der Waals surface area contributed by atoms with Crippen LogP contribution in [0.3, 0.4) is 0 Å². The van der Waals surface area contributed by atoms with Crippen molar-refractivity contribution in [3.8, 4) is 0 Å². The molecule has 1 aromatic heterocycles. The molecule has 1 unspecified atom stereocenters. The smallest absolute Gasteiger partial charge is 0.0345 e. The Bertz CT molecular complexity index is 462. The Labute approximate surface area is 107 Å². The molecule has 0 fully saturated rings. The van der Waals surface area contributed by atoms with Gasteiger partial charge in [0.2, 0.25) is 0 Å². The minimum absolute atomic E-state index is 0.296. The van der Waals surface area contributed by atoms with E-state index < -0.39 is 0 Å². The Balaban J connectivity index is 1.83. The molecule has 0 aliphatic rings. The lowest BCUT2D eigenvalue weighted by molar-refractivity contribution is 0.590. The van der Waals surface area contributed by atoms with E-state index in [1.54, 1.807) is 0 Å². The first-order valence-electron chi connectivity index (χ1n) is 6.19. The molecule has 0 saturated carbocycles. The van der Waals surface area contributed by atoms with Crippen LogP contribution in [0.1, 0.15) is 18.9 Å². The van der Waals surface area contributed by atoms with E-state index in [0.717, 1.165) is 25.9 Å². The van der Waals surface area contributed by atoms with Crippen molar-refractivity contribution in [2.24, 2.45) is 5.73 Å². The average molecular weight is 248 g/mol. The third-order valence-corrected chi connectivity index (χ3v) is 3.92. The standard InChI is InChI=1S/C14H20N2S/c1-11(15)6-8-16-9-7-12-10-17-14-5-3-2-4-13(12)14/h2-5,10-11,16H,6-9,15H2,1H3. The van der Waals surface area contributed by atoms with E-state index >= 15 is 0 Å². The maximum atomic E-state index is 5.71. The summed E-state index contributed by atoms with van der Waals surface area (Å²) in [4.78, 5) is 0. The van der Waals surface area contributed by atoms with Crippen molar-refractivity contribution in [3.63, 3.8) is 0 Å². The number of nitrogens with one attached hydrogen (secondary N) is 1. The Morgan fingerprint density at radius 2 is 2.12 bits per heavy atom. The molecule has 1 aromatic carbocycles. The summed E-state index contributed by atoms with van der Waals surface area (Å²) >= 11 is 1.83. The van der Waals surface area contributed by atoms with Crippen molar-refractivity contribution in [2.45, 2.75) is 25.8 Å². The molecule has 0 spiro atoms. The first-order valence-corrected chi connectivity index (χ1v) is 7.07. The largest absolute Gasteiger partial charge is 0.328 e. The van der Waals surface area contributed by atoms with Crippen molar-refractivity contribution >= 4 is 21.4 Å². The van der Waals surface area contributed by atoms with Crippen LogP contribution in [0, 0.1) is 0 Å². The lowest BCUT2D eigenvalue weighted by atomic mass is 10.1. The molecule has 1 heterocycles. The molecule has 3 N–H and O–H groups in total. The van der Waals surface area contributed by atoms with Crippen molar-refractivity contribution < 1.29 is 0 Å². The molecule has 1 atom stereocenters. The number of benzene rings is 1. The third-order valence-electron chi connectivity index (χ3n) is 2.91. The summed E-state index contributed by atoms with van der Waals surface area (Å²) in [6.07, 6.45) is 2.15. The Morgan fingerprint density at radius 3 is 2.94 bits per heavy atom. The zero-order valence-electron chi connectivity index (χ0n) is 10.3. The molecule has 0 saturated heterocycles. The molecule has 3 heteroatoms. The lowest BCUT2D eigenvalue weighted by Crippen LogP contribution is -2.25. The van der Waals surface area contributed by atoms with Gasteiger partial charge in [-0.05, 0) is 55.3 Å². The van der Waals surface area contributed by atoms with E-state index in [-0.39, 0.29) is 0 Å². The predicted octanol–water partition coefficient (Wildman–Crippen LogP) is 2.77. The first-order chi connectivity index (χ1) is 8.27. The zero-order chi connectivity index (χ0) is 12.1. The second kappa shape index (κ2) is 6.15. The Hall–Kier alpha value is -0.900. The maximum absolute atomic E-state index is 5.71. The van der Waals surface area contributed by atoms with Crippen molar-refractivity contribution in [3.05, 3.63) is 35.2 Å². The highest BCUT2D eigenvalue weighted by atomic mass is 32.1. The van der Waals surface area contributed by atoms with Gasteiger partial charge in [0.1, 0.15) is 0 Å². The fourth-order valence-corrected chi connectivity index (χ4v) is 2.90. The van der Waals surface area contributed by atoms with Crippen LogP contribution in [-0.2, 0) is 6.42 Å². The predicted molar refractivity (Wildman–Crippen MR) is 76.7 cm³/mol. The SMILES string of the molecule is CC(N)CCNCCc1csc2ccccc12. The van der Waals surface area contributed by atoms with E-state index in [2.05, 4.69) is 35.0 Å². The molecule has 0 aliphatic carbocycles. The Kier molecular flexibility index (Phi) is 4.54. The molecule has 2 aromatic rings. The highest BCUT2D eigenvalue weighted by molar-refractivity contribution is 7.17. The van der Waals surface area contributed by atoms with Gasteiger partial charge in [-0.3, -0.25) is 0 Å². The molecule has 17 heavy (non-hydrogen) atoms. The van der Waals surface area contributed by atoms with Crippen LogP contribution < -0.4 is 11.1 Å². The van der Waals surface area contributed by atoms with Crippen LogP contribution in [-0.4, -0.2) is 19.1 Å². The average Bonchev–Trinajstić information content (AvgIpc) is 2.72. The third kappa shape index (κ3) is 3.53. The van der Waals surface area contributed by atoms with Gasteiger partial charge in [-0.1, -0.05) is 18.2 Å². The fourth-order valence-electron chi connectivity index (χ4n) is 1.90. The van der Waals surface area contributed by atoms with E-state index in [0.29, 0.717) is 6.04 Å². The molecule has 2 rings (SSSR count). The second-order valence-electron chi connectivity index (χ2n) is 4.52. The maximum Gasteiger partial charge on any atom is 0.0345 e. The lowest BCUT2D eigenvalue weighted by Gasteiger charge is -2.06. The van der Waals surface area contributed by atoms with Crippen LogP contribution in [0.5, 0.6) is 0 Å². The van der Waals surface area contributed by atoms with Gasteiger partial charge in [0.05, 0.1) is 0 Å². The molecule has 2 nitrogen and oxygen atoms in total. The summed E-state index contributed by atoms with van der Waals surface area (Å²) in [5.74, 6) is 0. The molecular weight excluding hydrogens is 228 g/mol. The summed E-state index contributed by atoms with van der Waals surface area (Å²) in [5, 5.41) is 7.13. The van der Waals surface area contributed by atoms with Crippen LogP contribution in [0.25, 0.3) is 10.1 Å². The first kappa shape index (κ1) is 12.6. The van der Waals surface area contributed by atoms with Gasteiger partial charge in [-0.2, -0.15) is 0 Å². The van der Waals surface area contributed by atoms with Crippen molar-refractivity contribution in [1.82, 2.24) is 5.32 Å². The molecular formula is C14H20N2S. The quantitative estimate of drug-likeness (QED) is 0.771. The highest BCUT2D eigenvalue weighted by Crippen LogP contribution is 2.25. The van der Waals surface area contributed by atoms with Crippen LogP contribution >= 0.6 is 11.3 Å². The van der Waals surface area contributed by atoms with Crippen molar-refractivity contribution in [2.75, 3.05) is 13.1 Å². The van der Waals surface area contributed by atoms with Gasteiger partial charge in [0, 0.05) is 10.7 Å². The zero-order valence-corrected chi connectivity index (χ0v) is 11.1. The molecule has 0 amide bonds. The molecule has 0 radical (unpaired) electrons. The van der Waals surface area contributed by atoms with E-state index in [9.17, 15) is 0 Å². The van der Waals surface area contributed by atoms with Gasteiger partial charge in [0.15, 0.2) is 0 Å². The summed E-state index contributed by atoms with van der Waals surface area (Å²) < 4.78 is 1.39. The monoisotopic (exact) mass is 248 g/mol. The molecule has 0 bridgehead atoms. The van der Waals surface area contributed by atoms with E-state index in [1.807, 2.05) is 18.3 Å². The molecule has 92 valence electrons. The number of thiophene rings is 1. The minimum atomic E-state index is 0.296. The second-order valence-corrected chi connectivity index (χ2v) is 5.43. The van der Waals surface area contributed by atoms with Gasteiger partial charge in [0.25, 0.3) is 0 Å². The summed E-state index contributed by atoms with van der Waals surface area (Å²) in [7, 11) is 0. The number of fused-ring (bicyclic) bond motifs is 1. The van der Waals surface area contributed by atoms with E-state index in [1.165, 1.54) is 15.6 Å². The van der Waals surface area contributed by atoms with Gasteiger partial charge >= 0.3 is 0 Å².